The van der Waals surface area contributed by atoms with Crippen molar-refractivity contribution in [1.82, 2.24) is 4.72 Å². The van der Waals surface area contributed by atoms with Crippen molar-refractivity contribution in [1.29, 1.82) is 0 Å². The van der Waals surface area contributed by atoms with Gasteiger partial charge in [0.15, 0.2) is 11.6 Å². The van der Waals surface area contributed by atoms with Gasteiger partial charge >= 0.3 is 0 Å². The van der Waals surface area contributed by atoms with E-state index in [0.29, 0.717) is 6.42 Å². The number of nitrogens with one attached hydrogen (secondary N) is 1. The van der Waals surface area contributed by atoms with Crippen molar-refractivity contribution in [2.75, 3.05) is 13.7 Å². The summed E-state index contributed by atoms with van der Waals surface area (Å²) < 4.78 is 45.1. The number of benzene rings is 1. The van der Waals surface area contributed by atoms with Crippen LogP contribution in [0, 0.1) is 11.7 Å². The highest BCUT2D eigenvalue weighted by atomic mass is 32.2. The average Bonchev–Trinajstić information content (AvgIpc) is 2.37. The molecule has 1 unspecified atom stereocenters. The Kier molecular flexibility index (Phi) is 5.91. The SMILES string of the molecule is COc1ccc(S(=O)(=O)NC(CCO)C(C)C)cc1F. The van der Waals surface area contributed by atoms with Crippen LogP contribution < -0.4 is 9.46 Å². The van der Waals surface area contributed by atoms with Gasteiger partial charge in [-0.05, 0) is 30.5 Å². The maximum atomic E-state index is 13.6. The van der Waals surface area contributed by atoms with Crippen molar-refractivity contribution in [2.45, 2.75) is 31.2 Å². The van der Waals surface area contributed by atoms with E-state index in [1.54, 1.807) is 0 Å². The molecular formula is C13H20FNO4S. The Bertz CT molecular complexity index is 545. The van der Waals surface area contributed by atoms with Crippen LogP contribution in [0.25, 0.3) is 0 Å². The van der Waals surface area contributed by atoms with Crippen LogP contribution >= 0.6 is 0 Å². The molecule has 0 aliphatic carbocycles. The van der Waals surface area contributed by atoms with E-state index >= 15 is 0 Å². The van der Waals surface area contributed by atoms with Crippen molar-refractivity contribution in [3.8, 4) is 5.75 Å². The zero-order valence-corrected chi connectivity index (χ0v) is 12.6. The van der Waals surface area contributed by atoms with Gasteiger partial charge in [-0.15, -0.1) is 0 Å². The molecule has 2 N–H and O–H groups in total. The number of hydrogen-bond acceptors (Lipinski definition) is 4. The summed E-state index contributed by atoms with van der Waals surface area (Å²) in [5.41, 5.74) is 0. The summed E-state index contributed by atoms with van der Waals surface area (Å²) in [6, 6.07) is 3.05. The van der Waals surface area contributed by atoms with E-state index in [2.05, 4.69) is 4.72 Å². The third kappa shape index (κ3) is 4.16. The highest BCUT2D eigenvalue weighted by Crippen LogP contribution is 2.21. The lowest BCUT2D eigenvalue weighted by Crippen LogP contribution is -2.39. The molecule has 0 aliphatic heterocycles. The van der Waals surface area contributed by atoms with Gasteiger partial charge in [0.2, 0.25) is 10.0 Å². The van der Waals surface area contributed by atoms with Gasteiger partial charge in [0.25, 0.3) is 0 Å². The van der Waals surface area contributed by atoms with Gasteiger partial charge in [0.1, 0.15) is 0 Å². The summed E-state index contributed by atoms with van der Waals surface area (Å²) in [6.07, 6.45) is 0.301. The molecule has 1 aromatic carbocycles. The van der Waals surface area contributed by atoms with Gasteiger partial charge in [0, 0.05) is 12.6 Å². The molecule has 0 aliphatic rings. The summed E-state index contributed by atoms with van der Waals surface area (Å²) in [7, 11) is -2.52. The second kappa shape index (κ2) is 7.01. The van der Waals surface area contributed by atoms with Gasteiger partial charge in [-0.2, -0.15) is 0 Å². The van der Waals surface area contributed by atoms with Crippen molar-refractivity contribution >= 4 is 10.0 Å². The summed E-state index contributed by atoms with van der Waals surface area (Å²) >= 11 is 0. The number of halogens is 1. The second-order valence-corrected chi connectivity index (χ2v) is 6.49. The van der Waals surface area contributed by atoms with Gasteiger partial charge in [-0.25, -0.2) is 17.5 Å². The fourth-order valence-electron chi connectivity index (χ4n) is 1.75. The molecule has 1 atom stereocenters. The minimum Gasteiger partial charge on any atom is -0.494 e. The van der Waals surface area contributed by atoms with Crippen LogP contribution in [-0.2, 0) is 10.0 Å². The van der Waals surface area contributed by atoms with Gasteiger partial charge < -0.3 is 9.84 Å². The fraction of sp³-hybridized carbons (Fsp3) is 0.538. The van der Waals surface area contributed by atoms with E-state index in [-0.39, 0.29) is 23.2 Å². The molecular weight excluding hydrogens is 285 g/mol. The lowest BCUT2D eigenvalue weighted by atomic mass is 10.0. The van der Waals surface area contributed by atoms with Crippen LogP contribution in [0.5, 0.6) is 5.75 Å². The molecule has 0 aromatic heterocycles. The first-order chi connectivity index (χ1) is 9.31. The zero-order chi connectivity index (χ0) is 15.3. The second-order valence-electron chi connectivity index (χ2n) is 4.78. The van der Waals surface area contributed by atoms with E-state index in [4.69, 9.17) is 9.84 Å². The molecule has 0 heterocycles. The number of methoxy groups -OCH3 is 1. The molecule has 0 spiro atoms. The zero-order valence-electron chi connectivity index (χ0n) is 11.8. The number of hydrogen-bond donors (Lipinski definition) is 2. The van der Waals surface area contributed by atoms with Crippen LogP contribution in [0.1, 0.15) is 20.3 Å². The monoisotopic (exact) mass is 305 g/mol. The molecule has 1 rings (SSSR count). The Morgan fingerprint density at radius 3 is 2.50 bits per heavy atom. The van der Waals surface area contributed by atoms with E-state index in [9.17, 15) is 12.8 Å². The average molecular weight is 305 g/mol. The molecule has 0 fully saturated rings. The molecule has 20 heavy (non-hydrogen) atoms. The normalized spacial score (nSPS) is 13.5. The predicted octanol–water partition coefficient (Wildman–Crippen LogP) is 1.52. The van der Waals surface area contributed by atoms with Crippen LogP contribution in [0.3, 0.4) is 0 Å². The Hall–Kier alpha value is -1.18. The van der Waals surface area contributed by atoms with Crippen molar-refractivity contribution in [3.63, 3.8) is 0 Å². The summed E-state index contributed by atoms with van der Waals surface area (Å²) in [5, 5.41) is 8.95. The van der Waals surface area contributed by atoms with E-state index in [1.165, 1.54) is 19.2 Å². The number of aliphatic hydroxyl groups excluding tert-OH is 1. The smallest absolute Gasteiger partial charge is 0.240 e. The van der Waals surface area contributed by atoms with Crippen LogP contribution in [0.4, 0.5) is 4.39 Å². The molecule has 0 saturated carbocycles. The van der Waals surface area contributed by atoms with E-state index in [1.807, 2.05) is 13.8 Å². The Morgan fingerprint density at radius 1 is 1.40 bits per heavy atom. The molecule has 0 saturated heterocycles. The maximum absolute atomic E-state index is 13.6. The van der Waals surface area contributed by atoms with Crippen LogP contribution in [-0.4, -0.2) is 33.3 Å². The molecule has 5 nitrogen and oxygen atoms in total. The number of aliphatic hydroxyl groups is 1. The lowest BCUT2D eigenvalue weighted by Gasteiger charge is -2.21. The number of rotatable bonds is 7. The summed E-state index contributed by atoms with van der Waals surface area (Å²) in [6.45, 7) is 3.57. The standard InChI is InChI=1S/C13H20FNO4S/c1-9(2)12(6-7-16)15-20(17,18)10-4-5-13(19-3)11(14)8-10/h4-5,8-9,12,15-16H,6-7H2,1-3H3. The number of ether oxygens (including phenoxy) is 1. The third-order valence-corrected chi connectivity index (χ3v) is 4.47. The Balaban J connectivity index is 3.01. The van der Waals surface area contributed by atoms with Crippen molar-refractivity contribution < 1.29 is 22.7 Å². The van der Waals surface area contributed by atoms with Crippen LogP contribution in [0.15, 0.2) is 23.1 Å². The Morgan fingerprint density at radius 2 is 2.05 bits per heavy atom. The first-order valence-electron chi connectivity index (χ1n) is 6.28. The fourth-order valence-corrected chi connectivity index (χ4v) is 3.18. The van der Waals surface area contributed by atoms with E-state index < -0.39 is 21.9 Å². The Labute approximate surface area is 118 Å². The molecule has 0 bridgehead atoms. The minimum absolute atomic E-state index is 0.0139. The first kappa shape index (κ1) is 16.9. The van der Waals surface area contributed by atoms with Crippen molar-refractivity contribution in [2.24, 2.45) is 5.92 Å². The molecule has 0 amide bonds. The lowest BCUT2D eigenvalue weighted by molar-refractivity contribution is 0.256. The first-order valence-corrected chi connectivity index (χ1v) is 7.77. The predicted molar refractivity (Wildman–Crippen MR) is 73.6 cm³/mol. The third-order valence-electron chi connectivity index (χ3n) is 2.98. The maximum Gasteiger partial charge on any atom is 0.240 e. The van der Waals surface area contributed by atoms with E-state index in [0.717, 1.165) is 6.07 Å². The molecule has 114 valence electrons. The summed E-state index contributed by atoms with van der Waals surface area (Å²) in [4.78, 5) is -0.167. The number of sulfonamides is 1. The highest BCUT2D eigenvalue weighted by Gasteiger charge is 2.23. The molecule has 0 radical (unpaired) electrons. The summed E-state index contributed by atoms with van der Waals surface area (Å²) in [5.74, 6) is -0.738. The highest BCUT2D eigenvalue weighted by molar-refractivity contribution is 7.89. The van der Waals surface area contributed by atoms with Crippen molar-refractivity contribution in [3.05, 3.63) is 24.0 Å². The molecule has 1 aromatic rings. The largest absolute Gasteiger partial charge is 0.494 e. The topological polar surface area (TPSA) is 75.6 Å². The minimum atomic E-state index is -3.83. The van der Waals surface area contributed by atoms with Gasteiger partial charge in [0.05, 0.1) is 12.0 Å². The molecule has 7 heteroatoms. The van der Waals surface area contributed by atoms with Gasteiger partial charge in [-0.3, -0.25) is 0 Å². The quantitative estimate of drug-likeness (QED) is 0.801. The van der Waals surface area contributed by atoms with Crippen LogP contribution in [0.2, 0.25) is 0 Å². The van der Waals surface area contributed by atoms with Gasteiger partial charge in [-0.1, -0.05) is 13.8 Å².